The average molecular weight is 645 g/mol. The molecule has 15 heteroatoms. The molecule has 0 radical (unpaired) electrons. The highest BCUT2D eigenvalue weighted by Crippen LogP contribution is 2.39. The highest BCUT2D eigenvalue weighted by atomic mass is 19.2. The molecule has 5 rings (SSSR count). The van der Waals surface area contributed by atoms with Crippen LogP contribution in [-0.4, -0.2) is 65.4 Å². The molecule has 3 aromatic rings. The number of rotatable bonds is 8. The van der Waals surface area contributed by atoms with E-state index >= 15 is 4.39 Å². The summed E-state index contributed by atoms with van der Waals surface area (Å²) in [5.74, 6) is -10.2. The Morgan fingerprint density at radius 3 is 2.54 bits per heavy atom. The minimum Gasteiger partial charge on any atom is -0.463 e. The van der Waals surface area contributed by atoms with Gasteiger partial charge in [-0.15, -0.1) is 0 Å². The maximum absolute atomic E-state index is 15.5. The van der Waals surface area contributed by atoms with E-state index in [0.717, 1.165) is 6.07 Å². The van der Waals surface area contributed by atoms with Crippen LogP contribution in [-0.2, 0) is 9.53 Å². The van der Waals surface area contributed by atoms with Crippen LogP contribution in [0.3, 0.4) is 0 Å². The van der Waals surface area contributed by atoms with Crippen LogP contribution in [0.2, 0.25) is 0 Å². The number of esters is 1. The minimum atomic E-state index is -1.77. The van der Waals surface area contributed by atoms with E-state index in [1.807, 2.05) is 0 Å². The Balaban J connectivity index is 1.34. The first kappa shape index (κ1) is 32.3. The summed E-state index contributed by atoms with van der Waals surface area (Å²) in [5.41, 5.74) is 7.24. The molecule has 3 heterocycles. The zero-order valence-electron chi connectivity index (χ0n) is 24.5. The van der Waals surface area contributed by atoms with E-state index < -0.39 is 46.6 Å². The molecule has 0 bridgehead atoms. The smallest absolute Gasteiger partial charge is 0.330 e. The predicted octanol–water partition coefficient (Wildman–Crippen LogP) is 5.02. The van der Waals surface area contributed by atoms with Gasteiger partial charge in [-0.3, -0.25) is 4.99 Å². The normalized spacial score (nSPS) is 17.8. The van der Waals surface area contributed by atoms with Gasteiger partial charge < -0.3 is 25.4 Å². The van der Waals surface area contributed by atoms with Crippen molar-refractivity contribution in [1.82, 2.24) is 20.2 Å². The number of nitrogens with two attached hydrogens (primary N) is 1. The van der Waals surface area contributed by atoms with Gasteiger partial charge in [-0.2, -0.15) is 8.78 Å². The quantitative estimate of drug-likeness (QED) is 0.152. The summed E-state index contributed by atoms with van der Waals surface area (Å²) in [4.78, 5) is 39.0. The van der Waals surface area contributed by atoms with Gasteiger partial charge in [-0.1, -0.05) is 6.08 Å². The zero-order valence-corrected chi connectivity index (χ0v) is 24.5. The summed E-state index contributed by atoms with van der Waals surface area (Å²) < 4.78 is 80.8. The number of carbonyl (C=O) groups excluding carboxylic acids is 2. The molecule has 2 unspecified atom stereocenters. The molecule has 242 valence electrons. The van der Waals surface area contributed by atoms with Crippen LogP contribution in [0.5, 0.6) is 11.5 Å². The lowest BCUT2D eigenvalue weighted by molar-refractivity contribution is -0.137. The number of anilines is 1. The van der Waals surface area contributed by atoms with E-state index in [4.69, 9.17) is 15.2 Å². The highest BCUT2D eigenvalue weighted by Gasteiger charge is 2.37. The predicted molar refractivity (Wildman–Crippen MR) is 156 cm³/mol. The Morgan fingerprint density at radius 1 is 1.07 bits per heavy atom. The summed E-state index contributed by atoms with van der Waals surface area (Å²) in [5, 5.41) is 2.75. The number of likely N-dealkylation sites (tertiary alicyclic amines) is 1. The lowest BCUT2D eigenvalue weighted by atomic mass is 9.83. The number of halogens is 5. The number of nitrogens with zero attached hydrogens (tertiary/aromatic N) is 4. The van der Waals surface area contributed by atoms with Crippen molar-refractivity contribution in [2.75, 3.05) is 38.5 Å². The molecule has 2 aromatic carbocycles. The summed E-state index contributed by atoms with van der Waals surface area (Å²) in [7, 11) is 0. The Labute approximate surface area is 260 Å². The van der Waals surface area contributed by atoms with E-state index in [0.29, 0.717) is 37.2 Å². The maximum atomic E-state index is 15.5. The molecule has 10 nitrogen and oxygen atoms in total. The van der Waals surface area contributed by atoms with Crippen LogP contribution < -0.4 is 15.8 Å². The Kier molecular flexibility index (Phi) is 9.78. The number of nitrogens with one attached hydrogen (secondary N) is 1. The van der Waals surface area contributed by atoms with Crippen molar-refractivity contribution >= 4 is 23.5 Å². The van der Waals surface area contributed by atoms with Crippen molar-refractivity contribution in [2.24, 2.45) is 10.9 Å². The minimum absolute atomic E-state index is 0.0273. The van der Waals surface area contributed by atoms with Gasteiger partial charge >= 0.3 is 12.0 Å². The number of aliphatic imine (C=N–C) groups is 1. The first-order valence-corrected chi connectivity index (χ1v) is 14.4. The number of hydrogen-bond acceptors (Lipinski definition) is 8. The van der Waals surface area contributed by atoms with Gasteiger partial charge in [0.05, 0.1) is 23.6 Å². The molecule has 1 aromatic heterocycles. The maximum Gasteiger partial charge on any atom is 0.330 e. The van der Waals surface area contributed by atoms with E-state index in [2.05, 4.69) is 20.3 Å². The van der Waals surface area contributed by atoms with Crippen molar-refractivity contribution in [1.29, 1.82) is 0 Å². The number of nitrogen functional groups attached to an aromatic ring is 1. The van der Waals surface area contributed by atoms with Gasteiger partial charge in [0.1, 0.15) is 23.7 Å². The molecule has 0 saturated carbocycles. The molecule has 0 spiro atoms. The third-order valence-corrected chi connectivity index (χ3v) is 7.68. The molecular formula is C31H29F5N6O4. The molecule has 2 amide bonds. The summed E-state index contributed by atoms with van der Waals surface area (Å²) in [6.45, 7) is 3.23. The fourth-order valence-electron chi connectivity index (χ4n) is 5.56. The molecule has 1 saturated heterocycles. The molecule has 2 atom stereocenters. The van der Waals surface area contributed by atoms with Gasteiger partial charge in [0.2, 0.25) is 17.4 Å². The van der Waals surface area contributed by atoms with Crippen molar-refractivity contribution < 1.29 is 41.0 Å². The van der Waals surface area contributed by atoms with Crippen LogP contribution in [0.15, 0.2) is 47.7 Å². The number of ether oxygens (including phenoxy) is 2. The van der Waals surface area contributed by atoms with Crippen LogP contribution in [0.4, 0.5) is 32.6 Å². The fraction of sp³-hybridized carbons (Fsp3) is 0.323. The number of amides is 2. The van der Waals surface area contributed by atoms with Crippen LogP contribution in [0, 0.1) is 35.0 Å². The monoisotopic (exact) mass is 644 g/mol. The Bertz CT molecular complexity index is 1690. The van der Waals surface area contributed by atoms with Crippen LogP contribution in [0.25, 0.3) is 0 Å². The zero-order chi connectivity index (χ0) is 33.0. The first-order chi connectivity index (χ1) is 22.1. The molecular weight excluding hydrogens is 615 g/mol. The van der Waals surface area contributed by atoms with E-state index in [1.54, 1.807) is 11.8 Å². The van der Waals surface area contributed by atoms with Gasteiger partial charge in [0.25, 0.3) is 0 Å². The number of fused-ring (bicyclic) bond motifs is 1. The van der Waals surface area contributed by atoms with E-state index in [9.17, 15) is 27.2 Å². The van der Waals surface area contributed by atoms with Gasteiger partial charge in [0, 0.05) is 55.9 Å². The lowest BCUT2D eigenvalue weighted by Crippen LogP contribution is -2.39. The number of benzene rings is 2. The van der Waals surface area contributed by atoms with E-state index in [-0.39, 0.29) is 60.7 Å². The number of urea groups is 1. The number of hydrogen-bond donors (Lipinski definition) is 2. The second kappa shape index (κ2) is 13.9. The van der Waals surface area contributed by atoms with Crippen molar-refractivity contribution in [3.05, 3.63) is 88.7 Å². The SMILES string of the molecule is CCOC(=O)/C=C/CNC(=O)N1CCC(C2CCN=C(c3ccc(Oc4c(F)c(F)cc(F)c4F)cc3F)c3c(N)ncnc32)C1. The Morgan fingerprint density at radius 2 is 1.83 bits per heavy atom. The van der Waals surface area contributed by atoms with Gasteiger partial charge in [-0.25, -0.2) is 32.7 Å². The average Bonchev–Trinajstić information content (AvgIpc) is 3.43. The topological polar surface area (TPSA) is 132 Å². The fourth-order valence-corrected chi connectivity index (χ4v) is 5.56. The van der Waals surface area contributed by atoms with Crippen molar-refractivity contribution in [3.63, 3.8) is 0 Å². The van der Waals surface area contributed by atoms with Crippen molar-refractivity contribution in [2.45, 2.75) is 25.7 Å². The summed E-state index contributed by atoms with van der Waals surface area (Å²) >= 11 is 0. The summed E-state index contributed by atoms with van der Waals surface area (Å²) in [6.07, 6.45) is 5.22. The molecule has 2 aliphatic rings. The first-order valence-electron chi connectivity index (χ1n) is 14.4. The standard InChI is InChI=1S/C31H29F5N6O4/c1-2-45-23(43)4-3-9-39-31(44)42-11-8-16(14-42)18-7-10-38-28(24-27(18)40-15-41-30(24)37)19-6-5-17(12-20(19)32)46-29-25(35)21(33)13-22(34)26(29)36/h3-6,12-13,15-16,18H,2,7-11,14H2,1H3,(H,39,44)(H2,37,40,41)/b4-3+. The largest absolute Gasteiger partial charge is 0.463 e. The summed E-state index contributed by atoms with van der Waals surface area (Å²) in [6, 6.07) is 2.95. The van der Waals surface area contributed by atoms with Gasteiger partial charge in [-0.05, 0) is 37.8 Å². The number of aromatic nitrogens is 2. The third-order valence-electron chi connectivity index (χ3n) is 7.68. The van der Waals surface area contributed by atoms with Crippen molar-refractivity contribution in [3.8, 4) is 11.5 Å². The van der Waals surface area contributed by atoms with Crippen LogP contribution >= 0.6 is 0 Å². The molecule has 2 aliphatic heterocycles. The second-order valence-corrected chi connectivity index (χ2v) is 10.5. The Hall–Kier alpha value is -5.08. The third kappa shape index (κ3) is 6.77. The molecule has 46 heavy (non-hydrogen) atoms. The van der Waals surface area contributed by atoms with Crippen LogP contribution in [0.1, 0.15) is 42.5 Å². The van der Waals surface area contributed by atoms with Gasteiger partial charge in [0.15, 0.2) is 11.6 Å². The lowest BCUT2D eigenvalue weighted by Gasteiger charge is -2.24. The number of carbonyl (C=O) groups is 2. The molecule has 3 N–H and O–H groups in total. The second-order valence-electron chi connectivity index (χ2n) is 10.5. The van der Waals surface area contributed by atoms with E-state index in [1.165, 1.54) is 30.6 Å². The molecule has 1 fully saturated rings. The molecule has 0 aliphatic carbocycles. The highest BCUT2D eigenvalue weighted by molar-refractivity contribution is 6.16.